The van der Waals surface area contributed by atoms with E-state index in [1.807, 2.05) is 36.6 Å². The van der Waals surface area contributed by atoms with Crippen LogP contribution in [0.2, 0.25) is 0 Å². The molecule has 0 spiro atoms. The molecule has 3 rings (SSSR count). The normalized spacial score (nSPS) is 12.4. The number of nitrogen functional groups attached to an aromatic ring is 1. The number of nitrogens with zero attached hydrogens (tertiary/aromatic N) is 1. The SMILES string of the molecule is C[C@@H](NC(=O)c1ccc2nc(N)sc2c1)c1cccs1. The minimum absolute atomic E-state index is 0.00438. The second kappa shape index (κ2) is 5.22. The molecule has 3 aromatic rings. The minimum atomic E-state index is -0.0835. The van der Waals surface area contributed by atoms with Gasteiger partial charge in [0.15, 0.2) is 5.13 Å². The Morgan fingerprint density at radius 1 is 1.40 bits per heavy atom. The molecule has 20 heavy (non-hydrogen) atoms. The maximum atomic E-state index is 12.2. The predicted molar refractivity (Wildman–Crippen MR) is 84.2 cm³/mol. The highest BCUT2D eigenvalue weighted by Crippen LogP contribution is 2.25. The van der Waals surface area contributed by atoms with Crippen molar-refractivity contribution >= 4 is 43.9 Å². The van der Waals surface area contributed by atoms with Crippen LogP contribution in [0.15, 0.2) is 35.7 Å². The lowest BCUT2D eigenvalue weighted by atomic mass is 10.2. The van der Waals surface area contributed by atoms with Crippen LogP contribution in [0.3, 0.4) is 0 Å². The van der Waals surface area contributed by atoms with Crippen molar-refractivity contribution in [2.75, 3.05) is 5.73 Å². The molecule has 6 heteroatoms. The van der Waals surface area contributed by atoms with Crippen LogP contribution in [0, 0.1) is 0 Å². The van der Waals surface area contributed by atoms with Crippen LogP contribution in [0.1, 0.15) is 28.2 Å². The summed E-state index contributed by atoms with van der Waals surface area (Å²) < 4.78 is 0.930. The Balaban J connectivity index is 1.81. The molecular weight excluding hydrogens is 290 g/mol. The van der Waals surface area contributed by atoms with Gasteiger partial charge in [-0.25, -0.2) is 4.98 Å². The first-order chi connectivity index (χ1) is 9.63. The van der Waals surface area contributed by atoms with Crippen molar-refractivity contribution in [1.29, 1.82) is 0 Å². The average Bonchev–Trinajstić information content (AvgIpc) is 3.05. The lowest BCUT2D eigenvalue weighted by Crippen LogP contribution is -2.25. The number of thiophene rings is 1. The van der Waals surface area contributed by atoms with Gasteiger partial charge in [-0.3, -0.25) is 4.79 Å². The number of benzene rings is 1. The molecule has 0 radical (unpaired) electrons. The molecule has 0 unspecified atom stereocenters. The lowest BCUT2D eigenvalue weighted by molar-refractivity contribution is 0.0940. The number of rotatable bonds is 3. The van der Waals surface area contributed by atoms with Crippen LogP contribution < -0.4 is 11.1 Å². The summed E-state index contributed by atoms with van der Waals surface area (Å²) in [5.41, 5.74) is 7.13. The van der Waals surface area contributed by atoms with E-state index < -0.39 is 0 Å². The van der Waals surface area contributed by atoms with Crippen LogP contribution in [-0.4, -0.2) is 10.9 Å². The molecule has 4 nitrogen and oxygen atoms in total. The Kier molecular flexibility index (Phi) is 3.42. The molecule has 102 valence electrons. The van der Waals surface area contributed by atoms with E-state index in [2.05, 4.69) is 10.3 Å². The zero-order valence-corrected chi connectivity index (χ0v) is 12.4. The van der Waals surface area contributed by atoms with Gasteiger partial charge in [-0.15, -0.1) is 11.3 Å². The number of thiazole rings is 1. The summed E-state index contributed by atoms with van der Waals surface area (Å²) in [6.07, 6.45) is 0. The predicted octanol–water partition coefficient (Wildman–Crippen LogP) is 3.43. The molecule has 1 aromatic carbocycles. The monoisotopic (exact) mass is 303 g/mol. The zero-order valence-electron chi connectivity index (χ0n) is 10.8. The summed E-state index contributed by atoms with van der Waals surface area (Å²) in [4.78, 5) is 17.6. The first-order valence-electron chi connectivity index (χ1n) is 6.14. The maximum absolute atomic E-state index is 12.2. The van der Waals surface area contributed by atoms with E-state index in [1.54, 1.807) is 17.4 Å². The Hall–Kier alpha value is -1.92. The summed E-state index contributed by atoms with van der Waals surface area (Å²) in [5, 5.41) is 5.52. The van der Waals surface area contributed by atoms with E-state index in [1.165, 1.54) is 11.3 Å². The molecule has 1 amide bonds. The molecule has 3 N–H and O–H groups in total. The average molecular weight is 303 g/mol. The summed E-state index contributed by atoms with van der Waals surface area (Å²) in [7, 11) is 0. The number of aromatic nitrogens is 1. The van der Waals surface area contributed by atoms with Crippen LogP contribution in [0.5, 0.6) is 0 Å². The fourth-order valence-corrected chi connectivity index (χ4v) is 3.48. The highest BCUT2D eigenvalue weighted by Gasteiger charge is 2.13. The number of hydrogen-bond donors (Lipinski definition) is 2. The summed E-state index contributed by atoms with van der Waals surface area (Å²) in [6, 6.07) is 9.44. The second-order valence-electron chi connectivity index (χ2n) is 4.45. The fraction of sp³-hybridized carbons (Fsp3) is 0.143. The smallest absolute Gasteiger partial charge is 0.251 e. The highest BCUT2D eigenvalue weighted by atomic mass is 32.1. The molecule has 0 aliphatic rings. The molecule has 0 fully saturated rings. The second-order valence-corrected chi connectivity index (χ2v) is 6.49. The van der Waals surface area contributed by atoms with Crippen molar-refractivity contribution in [2.45, 2.75) is 13.0 Å². The van der Waals surface area contributed by atoms with E-state index in [9.17, 15) is 4.79 Å². The number of carbonyl (C=O) groups excluding carboxylic acids is 1. The summed E-state index contributed by atoms with van der Waals surface area (Å²) in [5.74, 6) is -0.0835. The number of hydrogen-bond acceptors (Lipinski definition) is 5. The third kappa shape index (κ3) is 2.52. The van der Waals surface area contributed by atoms with Gasteiger partial charge in [-0.2, -0.15) is 0 Å². The van der Waals surface area contributed by atoms with Gasteiger partial charge in [0, 0.05) is 10.4 Å². The Labute approximate surface area is 124 Å². The summed E-state index contributed by atoms with van der Waals surface area (Å²) in [6.45, 7) is 1.98. The van der Waals surface area contributed by atoms with Gasteiger partial charge in [0.2, 0.25) is 0 Å². The third-order valence-electron chi connectivity index (χ3n) is 2.98. The van der Waals surface area contributed by atoms with E-state index >= 15 is 0 Å². The molecule has 0 saturated heterocycles. The van der Waals surface area contributed by atoms with Crippen molar-refractivity contribution in [3.05, 3.63) is 46.2 Å². The molecule has 2 heterocycles. The highest BCUT2D eigenvalue weighted by molar-refractivity contribution is 7.22. The number of fused-ring (bicyclic) bond motifs is 1. The first-order valence-corrected chi connectivity index (χ1v) is 7.83. The number of carbonyl (C=O) groups is 1. The number of nitrogens with one attached hydrogen (secondary N) is 1. The number of nitrogens with two attached hydrogens (primary N) is 1. The number of amides is 1. The van der Waals surface area contributed by atoms with E-state index in [0.717, 1.165) is 15.1 Å². The van der Waals surface area contributed by atoms with Crippen LogP contribution >= 0.6 is 22.7 Å². The number of anilines is 1. The minimum Gasteiger partial charge on any atom is -0.375 e. The molecule has 2 aromatic heterocycles. The molecule has 0 saturated carbocycles. The maximum Gasteiger partial charge on any atom is 0.251 e. The van der Waals surface area contributed by atoms with Crippen LogP contribution in [0.4, 0.5) is 5.13 Å². The molecule has 0 aliphatic heterocycles. The Morgan fingerprint density at radius 2 is 2.25 bits per heavy atom. The Morgan fingerprint density at radius 3 is 3.00 bits per heavy atom. The van der Waals surface area contributed by atoms with Gasteiger partial charge in [0.05, 0.1) is 16.3 Å². The van der Waals surface area contributed by atoms with Crippen molar-refractivity contribution in [1.82, 2.24) is 10.3 Å². The van der Waals surface area contributed by atoms with Crippen molar-refractivity contribution < 1.29 is 4.79 Å². The molecule has 0 bridgehead atoms. The van der Waals surface area contributed by atoms with Gasteiger partial charge >= 0.3 is 0 Å². The Bertz CT molecular complexity index is 749. The third-order valence-corrected chi connectivity index (χ3v) is 4.89. The standard InChI is InChI=1S/C14H13N3OS2/c1-8(11-3-2-6-19-11)16-13(18)9-4-5-10-12(7-9)20-14(15)17-10/h2-8H,1H3,(H2,15,17)(H,16,18)/t8-/m1/s1. The van der Waals surface area contributed by atoms with Crippen LogP contribution in [0.25, 0.3) is 10.2 Å². The van der Waals surface area contributed by atoms with Crippen LogP contribution in [-0.2, 0) is 0 Å². The first kappa shape index (κ1) is 13.1. The molecule has 1 atom stereocenters. The zero-order chi connectivity index (χ0) is 14.1. The van der Waals surface area contributed by atoms with Gasteiger partial charge in [-0.1, -0.05) is 17.4 Å². The van der Waals surface area contributed by atoms with Gasteiger partial charge in [0.1, 0.15) is 0 Å². The van der Waals surface area contributed by atoms with Crippen molar-refractivity contribution in [3.63, 3.8) is 0 Å². The van der Waals surface area contributed by atoms with E-state index in [-0.39, 0.29) is 11.9 Å². The van der Waals surface area contributed by atoms with Gasteiger partial charge in [-0.05, 0) is 36.6 Å². The van der Waals surface area contributed by atoms with E-state index in [4.69, 9.17) is 5.73 Å². The summed E-state index contributed by atoms with van der Waals surface area (Å²) >= 11 is 3.02. The quantitative estimate of drug-likeness (QED) is 0.779. The largest absolute Gasteiger partial charge is 0.375 e. The fourth-order valence-electron chi connectivity index (χ4n) is 1.97. The lowest BCUT2D eigenvalue weighted by Gasteiger charge is -2.12. The molecular formula is C14H13N3OS2. The molecule has 0 aliphatic carbocycles. The topological polar surface area (TPSA) is 68.0 Å². The van der Waals surface area contributed by atoms with E-state index in [0.29, 0.717) is 10.7 Å². The van der Waals surface area contributed by atoms with Gasteiger partial charge in [0.25, 0.3) is 5.91 Å². The van der Waals surface area contributed by atoms with Gasteiger partial charge < -0.3 is 11.1 Å². The van der Waals surface area contributed by atoms with Crippen molar-refractivity contribution in [2.24, 2.45) is 0 Å². The van der Waals surface area contributed by atoms with Crippen molar-refractivity contribution in [3.8, 4) is 0 Å².